The van der Waals surface area contributed by atoms with Crippen molar-refractivity contribution in [2.24, 2.45) is 5.92 Å². The van der Waals surface area contributed by atoms with E-state index in [0.29, 0.717) is 5.92 Å². The van der Waals surface area contributed by atoms with Crippen LogP contribution in [0.5, 0.6) is 0 Å². The molecule has 1 rings (SSSR count). The molecule has 1 aliphatic rings. The summed E-state index contributed by atoms with van der Waals surface area (Å²) < 4.78 is 12.2. The maximum Gasteiger partial charge on any atom is 0.169 e. The predicted molar refractivity (Wildman–Crippen MR) is 81.3 cm³/mol. The maximum atomic E-state index is 6.10. The minimum Gasteiger partial charge on any atom is -0.344 e. The molecule has 0 aromatic heterocycles. The molecule has 0 aromatic carbocycles. The SMILES string of the molecule is CCCCCCC[C@@H](C)CC1(CC)O[C@H](C)[C@@H](C)O1. The predicted octanol–water partition coefficient (Wildman–Crippen LogP) is 5.30. The van der Waals surface area contributed by atoms with Crippen molar-refractivity contribution in [2.75, 3.05) is 0 Å². The van der Waals surface area contributed by atoms with Crippen LogP contribution in [0, 0.1) is 5.92 Å². The average Bonchev–Trinajstić information content (AvgIpc) is 2.65. The first-order valence-corrected chi connectivity index (χ1v) is 8.38. The summed E-state index contributed by atoms with van der Waals surface area (Å²) in [5, 5.41) is 0. The third kappa shape index (κ3) is 5.43. The number of ether oxygens (including phenoxy) is 2. The van der Waals surface area contributed by atoms with Crippen molar-refractivity contribution >= 4 is 0 Å². The molecule has 0 aliphatic carbocycles. The molecule has 3 atom stereocenters. The van der Waals surface area contributed by atoms with E-state index >= 15 is 0 Å². The van der Waals surface area contributed by atoms with Gasteiger partial charge in [-0.15, -0.1) is 0 Å². The van der Waals surface area contributed by atoms with Gasteiger partial charge in [0.1, 0.15) is 0 Å². The van der Waals surface area contributed by atoms with E-state index in [9.17, 15) is 0 Å². The van der Waals surface area contributed by atoms with Gasteiger partial charge in [-0.3, -0.25) is 0 Å². The highest BCUT2D eigenvalue weighted by atomic mass is 16.8. The fraction of sp³-hybridized carbons (Fsp3) is 1.00. The van der Waals surface area contributed by atoms with Gasteiger partial charge in [-0.2, -0.15) is 0 Å². The summed E-state index contributed by atoms with van der Waals surface area (Å²) in [4.78, 5) is 0. The minimum absolute atomic E-state index is 0.233. The van der Waals surface area contributed by atoms with Crippen LogP contribution in [0.4, 0.5) is 0 Å². The van der Waals surface area contributed by atoms with Crippen LogP contribution in [0.1, 0.15) is 86.0 Å². The Hall–Kier alpha value is -0.0800. The van der Waals surface area contributed by atoms with E-state index in [1.807, 2.05) is 0 Å². The summed E-state index contributed by atoms with van der Waals surface area (Å²) in [7, 11) is 0. The Labute approximate surface area is 120 Å². The van der Waals surface area contributed by atoms with Crippen molar-refractivity contribution in [3.8, 4) is 0 Å². The quantitative estimate of drug-likeness (QED) is 0.529. The zero-order chi connectivity index (χ0) is 14.3. The lowest BCUT2D eigenvalue weighted by Gasteiger charge is -2.29. The van der Waals surface area contributed by atoms with Crippen LogP contribution in [0.3, 0.4) is 0 Å². The Morgan fingerprint density at radius 2 is 1.53 bits per heavy atom. The summed E-state index contributed by atoms with van der Waals surface area (Å²) >= 11 is 0. The third-order valence-electron chi connectivity index (χ3n) is 4.46. The number of hydrogen-bond acceptors (Lipinski definition) is 2. The Morgan fingerprint density at radius 1 is 0.947 bits per heavy atom. The Bertz CT molecular complexity index is 229. The van der Waals surface area contributed by atoms with E-state index in [0.717, 1.165) is 12.8 Å². The number of rotatable bonds is 9. The molecule has 0 N–H and O–H groups in total. The second-order valence-electron chi connectivity index (χ2n) is 6.42. The first kappa shape index (κ1) is 17.0. The van der Waals surface area contributed by atoms with E-state index in [1.54, 1.807) is 0 Å². The highest BCUT2D eigenvalue weighted by Crippen LogP contribution is 2.37. The van der Waals surface area contributed by atoms with E-state index in [1.165, 1.54) is 38.5 Å². The second kappa shape index (κ2) is 8.26. The molecule has 1 heterocycles. The first-order chi connectivity index (χ1) is 9.03. The smallest absolute Gasteiger partial charge is 0.169 e. The lowest BCUT2D eigenvalue weighted by Crippen LogP contribution is -2.32. The van der Waals surface area contributed by atoms with Gasteiger partial charge < -0.3 is 9.47 Å². The molecule has 2 heteroatoms. The highest BCUT2D eigenvalue weighted by molar-refractivity contribution is 4.82. The van der Waals surface area contributed by atoms with Crippen LogP contribution in [0.25, 0.3) is 0 Å². The standard InChI is InChI=1S/C17H34O2/c1-6-8-9-10-11-12-14(3)13-17(7-2)18-15(4)16(5)19-17/h14-16H,6-13H2,1-5H3/t14-,15-,16-/m1/s1. The van der Waals surface area contributed by atoms with Crippen molar-refractivity contribution < 1.29 is 9.47 Å². The lowest BCUT2D eigenvalue weighted by molar-refractivity contribution is -0.186. The molecule has 1 fully saturated rings. The topological polar surface area (TPSA) is 18.5 Å². The van der Waals surface area contributed by atoms with Crippen LogP contribution >= 0.6 is 0 Å². The third-order valence-corrected chi connectivity index (χ3v) is 4.46. The molecule has 0 radical (unpaired) electrons. The zero-order valence-corrected chi connectivity index (χ0v) is 13.7. The highest BCUT2D eigenvalue weighted by Gasteiger charge is 2.43. The number of hydrogen-bond donors (Lipinski definition) is 0. The van der Waals surface area contributed by atoms with Gasteiger partial charge in [0.05, 0.1) is 12.2 Å². The molecule has 0 spiro atoms. The van der Waals surface area contributed by atoms with E-state index in [4.69, 9.17) is 9.47 Å². The molecule has 0 saturated carbocycles. The molecule has 0 aromatic rings. The molecule has 19 heavy (non-hydrogen) atoms. The van der Waals surface area contributed by atoms with Gasteiger partial charge in [0.25, 0.3) is 0 Å². The average molecular weight is 270 g/mol. The van der Waals surface area contributed by atoms with Crippen molar-refractivity contribution in [1.29, 1.82) is 0 Å². The summed E-state index contributed by atoms with van der Waals surface area (Å²) in [6.07, 6.45) is 10.6. The van der Waals surface area contributed by atoms with Crippen molar-refractivity contribution in [3.63, 3.8) is 0 Å². The van der Waals surface area contributed by atoms with Gasteiger partial charge in [-0.1, -0.05) is 59.3 Å². The van der Waals surface area contributed by atoms with Crippen LogP contribution in [-0.2, 0) is 9.47 Å². The molecule has 0 unspecified atom stereocenters. The summed E-state index contributed by atoms with van der Waals surface area (Å²) in [5.74, 6) is 0.390. The fourth-order valence-corrected chi connectivity index (χ4v) is 3.03. The van der Waals surface area contributed by atoms with Crippen molar-refractivity contribution in [2.45, 2.75) is 104 Å². The van der Waals surface area contributed by atoms with Gasteiger partial charge in [0.2, 0.25) is 0 Å². The molecule has 2 nitrogen and oxygen atoms in total. The van der Waals surface area contributed by atoms with E-state index in [-0.39, 0.29) is 18.0 Å². The molecular formula is C17H34O2. The van der Waals surface area contributed by atoms with E-state index < -0.39 is 0 Å². The number of unbranched alkanes of at least 4 members (excludes halogenated alkanes) is 4. The lowest BCUT2D eigenvalue weighted by atomic mass is 9.93. The second-order valence-corrected chi connectivity index (χ2v) is 6.42. The molecular weight excluding hydrogens is 236 g/mol. The Balaban J connectivity index is 2.28. The first-order valence-electron chi connectivity index (χ1n) is 8.38. The Kier molecular flexibility index (Phi) is 7.38. The summed E-state index contributed by atoms with van der Waals surface area (Å²) in [6.45, 7) is 11.0. The van der Waals surface area contributed by atoms with Gasteiger partial charge in [-0.25, -0.2) is 0 Å². The molecule has 1 aliphatic heterocycles. The van der Waals surface area contributed by atoms with Crippen LogP contribution in [0.2, 0.25) is 0 Å². The molecule has 114 valence electrons. The van der Waals surface area contributed by atoms with Crippen LogP contribution in [0.15, 0.2) is 0 Å². The van der Waals surface area contributed by atoms with Crippen LogP contribution < -0.4 is 0 Å². The van der Waals surface area contributed by atoms with Gasteiger partial charge in [0, 0.05) is 6.42 Å². The molecule has 0 amide bonds. The molecule has 0 bridgehead atoms. The minimum atomic E-state index is -0.304. The van der Waals surface area contributed by atoms with Gasteiger partial charge in [-0.05, 0) is 26.2 Å². The normalized spacial score (nSPS) is 27.6. The van der Waals surface area contributed by atoms with Crippen molar-refractivity contribution in [3.05, 3.63) is 0 Å². The maximum absolute atomic E-state index is 6.10. The summed E-state index contributed by atoms with van der Waals surface area (Å²) in [6, 6.07) is 0. The molecule has 1 saturated heterocycles. The van der Waals surface area contributed by atoms with Crippen molar-refractivity contribution in [1.82, 2.24) is 0 Å². The monoisotopic (exact) mass is 270 g/mol. The van der Waals surface area contributed by atoms with E-state index in [2.05, 4.69) is 34.6 Å². The zero-order valence-electron chi connectivity index (χ0n) is 13.7. The largest absolute Gasteiger partial charge is 0.344 e. The van der Waals surface area contributed by atoms with Gasteiger partial charge >= 0.3 is 0 Å². The fourth-order valence-electron chi connectivity index (χ4n) is 3.03. The van der Waals surface area contributed by atoms with Gasteiger partial charge in [0.15, 0.2) is 5.79 Å². The summed E-state index contributed by atoms with van der Waals surface area (Å²) in [5.41, 5.74) is 0. The Morgan fingerprint density at radius 3 is 2.05 bits per heavy atom. The van der Waals surface area contributed by atoms with Crippen LogP contribution in [-0.4, -0.2) is 18.0 Å².